The zero-order chi connectivity index (χ0) is 15.6. The van der Waals surface area contributed by atoms with E-state index in [0.717, 1.165) is 17.0 Å². The highest BCUT2D eigenvalue weighted by Crippen LogP contribution is 2.20. The summed E-state index contributed by atoms with van der Waals surface area (Å²) in [6.07, 6.45) is 0. The summed E-state index contributed by atoms with van der Waals surface area (Å²) in [5, 5.41) is 10.6. The van der Waals surface area contributed by atoms with Crippen LogP contribution in [-0.4, -0.2) is 17.9 Å². The lowest BCUT2D eigenvalue weighted by atomic mass is 10.1. The Labute approximate surface area is 118 Å². The second kappa shape index (κ2) is 5.66. The second-order valence-electron chi connectivity index (χ2n) is 4.30. The number of nitro benzene ring substituents is 1. The van der Waals surface area contributed by atoms with Crippen molar-refractivity contribution in [1.29, 1.82) is 0 Å². The molecule has 0 aliphatic rings. The van der Waals surface area contributed by atoms with E-state index in [2.05, 4.69) is 0 Å². The third kappa shape index (κ3) is 3.19. The van der Waals surface area contributed by atoms with Crippen LogP contribution in [0.5, 0.6) is 0 Å². The quantitative estimate of drug-likeness (QED) is 0.645. The van der Waals surface area contributed by atoms with Crippen molar-refractivity contribution < 1.29 is 18.5 Å². The smallest absolute Gasteiger partial charge is 0.269 e. The highest BCUT2D eigenvalue weighted by molar-refractivity contribution is 6.05. The van der Waals surface area contributed by atoms with Gasteiger partial charge in [0.2, 0.25) is 0 Å². The molecule has 108 valence electrons. The summed E-state index contributed by atoms with van der Waals surface area (Å²) >= 11 is 0. The molecule has 0 heterocycles. The van der Waals surface area contributed by atoms with E-state index in [9.17, 15) is 23.7 Å². The zero-order valence-corrected chi connectivity index (χ0v) is 10.9. The van der Waals surface area contributed by atoms with Gasteiger partial charge in [0.05, 0.1) is 4.92 Å². The Balaban J connectivity index is 2.28. The number of amides is 1. The molecular formula is C14H10F2N2O3. The third-order valence-corrected chi connectivity index (χ3v) is 2.86. The standard InChI is InChI=1S/C14H10F2N2O3/c1-17(12-2-4-13(5-3-12)18(20)21)14(19)9-6-10(15)8-11(16)7-9/h2-8H,1H3. The first kappa shape index (κ1) is 14.6. The summed E-state index contributed by atoms with van der Waals surface area (Å²) in [7, 11) is 1.41. The molecule has 0 unspecified atom stereocenters. The predicted molar refractivity (Wildman–Crippen MR) is 72.2 cm³/mol. The second-order valence-corrected chi connectivity index (χ2v) is 4.30. The predicted octanol–water partition coefficient (Wildman–Crippen LogP) is 3.15. The van der Waals surface area contributed by atoms with Crippen LogP contribution in [0.25, 0.3) is 0 Å². The highest BCUT2D eigenvalue weighted by atomic mass is 19.1. The maximum Gasteiger partial charge on any atom is 0.269 e. The molecule has 21 heavy (non-hydrogen) atoms. The molecule has 0 bridgehead atoms. The minimum atomic E-state index is -0.851. The third-order valence-electron chi connectivity index (χ3n) is 2.86. The Kier molecular flexibility index (Phi) is 3.93. The van der Waals surface area contributed by atoms with E-state index in [0.29, 0.717) is 11.8 Å². The van der Waals surface area contributed by atoms with Crippen LogP contribution in [-0.2, 0) is 0 Å². The molecule has 0 aliphatic heterocycles. The van der Waals surface area contributed by atoms with Crippen molar-refractivity contribution >= 4 is 17.3 Å². The topological polar surface area (TPSA) is 63.5 Å². The summed E-state index contributed by atoms with van der Waals surface area (Å²) < 4.78 is 26.2. The Bertz CT molecular complexity index is 682. The van der Waals surface area contributed by atoms with Crippen molar-refractivity contribution in [2.75, 3.05) is 11.9 Å². The first-order valence-electron chi connectivity index (χ1n) is 5.87. The van der Waals surface area contributed by atoms with Crippen LogP contribution in [0.4, 0.5) is 20.2 Å². The van der Waals surface area contributed by atoms with E-state index in [4.69, 9.17) is 0 Å². The first-order chi connectivity index (χ1) is 9.88. The van der Waals surface area contributed by atoms with Crippen LogP contribution >= 0.6 is 0 Å². The number of halogens is 2. The number of carbonyl (C=O) groups is 1. The number of nitrogens with zero attached hydrogens (tertiary/aromatic N) is 2. The Hall–Kier alpha value is -2.83. The minimum absolute atomic E-state index is 0.114. The summed E-state index contributed by atoms with van der Waals surface area (Å²) in [4.78, 5) is 23.3. The highest BCUT2D eigenvalue weighted by Gasteiger charge is 2.16. The number of rotatable bonds is 3. The fourth-order valence-corrected chi connectivity index (χ4v) is 1.79. The molecule has 0 fully saturated rings. The van der Waals surface area contributed by atoms with Gasteiger partial charge in [0.25, 0.3) is 11.6 Å². The molecule has 7 heteroatoms. The number of nitro groups is 1. The molecule has 2 rings (SSSR count). The molecule has 0 aromatic heterocycles. The van der Waals surface area contributed by atoms with Gasteiger partial charge in [-0.2, -0.15) is 0 Å². The van der Waals surface area contributed by atoms with Crippen LogP contribution in [0.3, 0.4) is 0 Å². The first-order valence-corrected chi connectivity index (χ1v) is 5.87. The van der Waals surface area contributed by atoms with Gasteiger partial charge >= 0.3 is 0 Å². The fourth-order valence-electron chi connectivity index (χ4n) is 1.79. The Morgan fingerprint density at radius 2 is 1.62 bits per heavy atom. The molecule has 0 aliphatic carbocycles. The summed E-state index contributed by atoms with van der Waals surface area (Å²) in [5.74, 6) is -2.33. The van der Waals surface area contributed by atoms with Gasteiger partial charge in [0.15, 0.2) is 0 Å². The number of anilines is 1. The molecular weight excluding hydrogens is 282 g/mol. The summed E-state index contributed by atoms with van der Waals surface area (Å²) in [6, 6.07) is 7.76. The van der Waals surface area contributed by atoms with E-state index >= 15 is 0 Å². The molecule has 0 radical (unpaired) electrons. The maximum absolute atomic E-state index is 13.1. The largest absolute Gasteiger partial charge is 0.311 e. The Morgan fingerprint density at radius 1 is 1.10 bits per heavy atom. The minimum Gasteiger partial charge on any atom is -0.311 e. The molecule has 5 nitrogen and oxygen atoms in total. The number of benzene rings is 2. The lowest BCUT2D eigenvalue weighted by Crippen LogP contribution is -2.26. The summed E-state index contributed by atoms with van der Waals surface area (Å²) in [5.41, 5.74) is 0.111. The lowest BCUT2D eigenvalue weighted by molar-refractivity contribution is -0.384. The molecule has 0 saturated heterocycles. The molecule has 0 N–H and O–H groups in total. The van der Waals surface area contributed by atoms with E-state index < -0.39 is 22.5 Å². The van der Waals surface area contributed by atoms with Crippen LogP contribution in [0.2, 0.25) is 0 Å². The average Bonchev–Trinajstić information content (AvgIpc) is 2.44. The van der Waals surface area contributed by atoms with Gasteiger partial charge in [-0.25, -0.2) is 8.78 Å². The van der Waals surface area contributed by atoms with E-state index in [-0.39, 0.29) is 11.3 Å². The fraction of sp³-hybridized carbons (Fsp3) is 0.0714. The van der Waals surface area contributed by atoms with E-state index in [1.54, 1.807) is 0 Å². The van der Waals surface area contributed by atoms with Crippen LogP contribution in [0.15, 0.2) is 42.5 Å². The number of hydrogen-bond donors (Lipinski definition) is 0. The molecule has 2 aromatic carbocycles. The molecule has 0 saturated carbocycles. The molecule has 0 atom stereocenters. The van der Waals surface area contributed by atoms with E-state index in [1.165, 1.54) is 31.3 Å². The van der Waals surface area contributed by atoms with Crippen LogP contribution < -0.4 is 4.90 Å². The van der Waals surface area contributed by atoms with Crippen molar-refractivity contribution in [2.24, 2.45) is 0 Å². The molecule has 0 spiro atoms. The maximum atomic E-state index is 13.1. The van der Waals surface area contributed by atoms with Gasteiger partial charge in [-0.05, 0) is 24.3 Å². The molecule has 2 aromatic rings. The van der Waals surface area contributed by atoms with E-state index in [1.807, 2.05) is 0 Å². The normalized spacial score (nSPS) is 10.2. The van der Waals surface area contributed by atoms with Crippen molar-refractivity contribution in [2.45, 2.75) is 0 Å². The van der Waals surface area contributed by atoms with Gasteiger partial charge in [0, 0.05) is 36.5 Å². The van der Waals surface area contributed by atoms with Crippen LogP contribution in [0.1, 0.15) is 10.4 Å². The lowest BCUT2D eigenvalue weighted by Gasteiger charge is -2.17. The van der Waals surface area contributed by atoms with Crippen LogP contribution in [0, 0.1) is 21.7 Å². The monoisotopic (exact) mass is 292 g/mol. The summed E-state index contributed by atoms with van der Waals surface area (Å²) in [6.45, 7) is 0. The van der Waals surface area contributed by atoms with Crippen molar-refractivity contribution in [3.63, 3.8) is 0 Å². The average molecular weight is 292 g/mol. The van der Waals surface area contributed by atoms with Crippen molar-refractivity contribution in [3.8, 4) is 0 Å². The van der Waals surface area contributed by atoms with Crippen molar-refractivity contribution in [3.05, 3.63) is 69.8 Å². The molecule has 1 amide bonds. The van der Waals surface area contributed by atoms with Gasteiger partial charge < -0.3 is 4.90 Å². The number of non-ortho nitro benzene ring substituents is 1. The number of carbonyl (C=O) groups excluding carboxylic acids is 1. The zero-order valence-electron chi connectivity index (χ0n) is 10.9. The Morgan fingerprint density at radius 3 is 2.10 bits per heavy atom. The van der Waals surface area contributed by atoms with Gasteiger partial charge in [-0.15, -0.1) is 0 Å². The SMILES string of the molecule is CN(C(=O)c1cc(F)cc(F)c1)c1ccc([N+](=O)[O-])cc1. The van der Waals surface area contributed by atoms with Crippen molar-refractivity contribution in [1.82, 2.24) is 0 Å². The number of hydrogen-bond acceptors (Lipinski definition) is 3. The van der Waals surface area contributed by atoms with Gasteiger partial charge in [-0.1, -0.05) is 0 Å². The van der Waals surface area contributed by atoms with Gasteiger partial charge in [0.1, 0.15) is 11.6 Å². The van der Waals surface area contributed by atoms with Gasteiger partial charge in [-0.3, -0.25) is 14.9 Å².